The second kappa shape index (κ2) is 5.10. The zero-order valence-electron chi connectivity index (χ0n) is 10.4. The molecule has 0 aromatic rings. The number of ether oxygens (including phenoxy) is 2. The van der Waals surface area contributed by atoms with Crippen molar-refractivity contribution in [3.05, 3.63) is 0 Å². The minimum absolute atomic E-state index is 0.176. The highest BCUT2D eigenvalue weighted by Crippen LogP contribution is 2.14. The highest BCUT2D eigenvalue weighted by Gasteiger charge is 2.16. The first-order chi connectivity index (χ1) is 6.10. The summed E-state index contributed by atoms with van der Waals surface area (Å²) in [7, 11) is 0. The lowest BCUT2D eigenvalue weighted by atomic mass is 9.99. The van der Waals surface area contributed by atoms with E-state index in [9.17, 15) is 0 Å². The molecule has 0 fully saturated rings. The van der Waals surface area contributed by atoms with Crippen LogP contribution in [0.15, 0.2) is 0 Å². The van der Waals surface area contributed by atoms with Crippen LogP contribution in [0, 0.1) is 5.41 Å². The lowest BCUT2D eigenvalue weighted by Gasteiger charge is -2.25. The topological polar surface area (TPSA) is 44.5 Å². The van der Waals surface area contributed by atoms with E-state index in [4.69, 9.17) is 15.2 Å². The Bertz CT molecular complexity index is 138. The smallest absolute Gasteiger partial charge is 0.154 e. The maximum atomic E-state index is 5.79. The Kier molecular flexibility index (Phi) is 5.06. The molecule has 0 bridgehead atoms. The van der Waals surface area contributed by atoms with Gasteiger partial charge in [-0.3, -0.25) is 0 Å². The molecular weight excluding hydrogens is 178 g/mol. The van der Waals surface area contributed by atoms with E-state index >= 15 is 0 Å². The molecule has 0 rings (SSSR count). The van der Waals surface area contributed by atoms with Crippen molar-refractivity contribution in [3.63, 3.8) is 0 Å². The minimum Gasteiger partial charge on any atom is -0.352 e. The molecule has 0 aliphatic carbocycles. The van der Waals surface area contributed by atoms with Gasteiger partial charge in [0.25, 0.3) is 0 Å². The van der Waals surface area contributed by atoms with Gasteiger partial charge < -0.3 is 15.2 Å². The molecule has 0 aromatic heterocycles. The van der Waals surface area contributed by atoms with Crippen LogP contribution in [0.3, 0.4) is 0 Å². The van der Waals surface area contributed by atoms with Gasteiger partial charge in [0, 0.05) is 5.54 Å². The summed E-state index contributed by atoms with van der Waals surface area (Å²) in [5.74, 6) is 0. The molecule has 0 aromatic carbocycles. The summed E-state index contributed by atoms with van der Waals surface area (Å²) in [6, 6.07) is 0. The summed E-state index contributed by atoms with van der Waals surface area (Å²) in [5, 5.41) is 0. The maximum Gasteiger partial charge on any atom is 0.154 e. The third-order valence-electron chi connectivity index (χ3n) is 1.44. The van der Waals surface area contributed by atoms with Crippen LogP contribution >= 0.6 is 0 Å². The van der Waals surface area contributed by atoms with Crippen molar-refractivity contribution >= 4 is 0 Å². The summed E-state index contributed by atoms with van der Waals surface area (Å²) < 4.78 is 11.0. The summed E-state index contributed by atoms with van der Waals surface area (Å²) in [6.45, 7) is 13.4. The first-order valence-electron chi connectivity index (χ1n) is 5.12. The Morgan fingerprint density at radius 1 is 1.00 bits per heavy atom. The molecular formula is C11H25NO2. The Balaban J connectivity index is 3.62. The third-order valence-corrected chi connectivity index (χ3v) is 1.44. The van der Waals surface area contributed by atoms with Crippen LogP contribution in [0.5, 0.6) is 0 Å². The Morgan fingerprint density at radius 3 is 1.79 bits per heavy atom. The molecule has 0 aliphatic rings. The van der Waals surface area contributed by atoms with Gasteiger partial charge >= 0.3 is 0 Å². The molecule has 0 saturated carbocycles. The minimum atomic E-state index is -0.292. The van der Waals surface area contributed by atoms with Gasteiger partial charge in [-0.05, 0) is 26.2 Å². The molecule has 0 saturated heterocycles. The van der Waals surface area contributed by atoms with Gasteiger partial charge in [0.05, 0.1) is 13.2 Å². The van der Waals surface area contributed by atoms with Gasteiger partial charge in [-0.25, -0.2) is 0 Å². The van der Waals surface area contributed by atoms with E-state index in [1.165, 1.54) is 0 Å². The monoisotopic (exact) mass is 203 g/mol. The van der Waals surface area contributed by atoms with E-state index in [0.717, 1.165) is 0 Å². The molecule has 0 spiro atoms. The molecule has 14 heavy (non-hydrogen) atoms. The first kappa shape index (κ1) is 13.9. The van der Waals surface area contributed by atoms with E-state index in [1.54, 1.807) is 0 Å². The van der Waals surface area contributed by atoms with Crippen LogP contribution in [0.25, 0.3) is 0 Å². The maximum absolute atomic E-state index is 5.79. The molecule has 86 valence electrons. The summed E-state index contributed by atoms with van der Waals surface area (Å²) in [6.07, 6.45) is -0.183. The third kappa shape index (κ3) is 9.96. The van der Waals surface area contributed by atoms with Crippen LogP contribution < -0.4 is 5.73 Å². The van der Waals surface area contributed by atoms with Crippen molar-refractivity contribution < 1.29 is 9.47 Å². The van der Waals surface area contributed by atoms with Crippen molar-refractivity contribution in [1.82, 2.24) is 0 Å². The van der Waals surface area contributed by atoms with Crippen LogP contribution in [-0.2, 0) is 9.47 Å². The van der Waals surface area contributed by atoms with E-state index in [2.05, 4.69) is 20.8 Å². The van der Waals surface area contributed by atoms with Crippen molar-refractivity contribution in [2.24, 2.45) is 11.1 Å². The van der Waals surface area contributed by atoms with Crippen LogP contribution in [0.1, 0.15) is 41.5 Å². The standard InChI is InChI=1S/C11H25NO2/c1-9(13-7-10(2,3)4)14-8-11(5,6)12/h9H,7-8,12H2,1-6H3. The highest BCUT2D eigenvalue weighted by atomic mass is 16.7. The van der Waals surface area contributed by atoms with E-state index in [1.807, 2.05) is 20.8 Å². The van der Waals surface area contributed by atoms with Crippen LogP contribution in [-0.4, -0.2) is 25.0 Å². The number of nitrogens with two attached hydrogens (primary N) is 1. The molecule has 3 nitrogen and oxygen atoms in total. The number of hydrogen-bond donors (Lipinski definition) is 1. The predicted octanol–water partition coefficient (Wildman–Crippen LogP) is 2.15. The van der Waals surface area contributed by atoms with Crippen LogP contribution in [0.2, 0.25) is 0 Å². The van der Waals surface area contributed by atoms with Crippen molar-refractivity contribution in [1.29, 1.82) is 0 Å². The molecule has 1 atom stereocenters. The molecule has 1 unspecified atom stereocenters. The van der Waals surface area contributed by atoms with Gasteiger partial charge in [-0.15, -0.1) is 0 Å². The van der Waals surface area contributed by atoms with Crippen molar-refractivity contribution in [3.8, 4) is 0 Å². The molecule has 0 amide bonds. The largest absolute Gasteiger partial charge is 0.352 e. The fourth-order valence-electron chi connectivity index (χ4n) is 0.748. The zero-order chi connectivity index (χ0) is 11.4. The lowest BCUT2D eigenvalue weighted by molar-refractivity contribution is -0.152. The van der Waals surface area contributed by atoms with E-state index in [0.29, 0.717) is 13.2 Å². The van der Waals surface area contributed by atoms with Crippen LogP contribution in [0.4, 0.5) is 0 Å². The molecule has 0 heterocycles. The average Bonchev–Trinajstić information content (AvgIpc) is 1.94. The zero-order valence-corrected chi connectivity index (χ0v) is 10.4. The second-order valence-electron chi connectivity index (χ2n) is 5.74. The highest BCUT2D eigenvalue weighted by molar-refractivity contribution is 4.70. The Labute approximate surface area is 88.0 Å². The fraction of sp³-hybridized carbons (Fsp3) is 1.00. The number of rotatable bonds is 5. The average molecular weight is 203 g/mol. The SMILES string of the molecule is CC(OCC(C)(C)C)OCC(C)(C)N. The Hall–Kier alpha value is -0.120. The molecule has 0 radical (unpaired) electrons. The lowest BCUT2D eigenvalue weighted by Crippen LogP contribution is -2.39. The van der Waals surface area contributed by atoms with Crippen molar-refractivity contribution in [2.75, 3.05) is 13.2 Å². The Morgan fingerprint density at radius 2 is 1.43 bits per heavy atom. The first-order valence-corrected chi connectivity index (χ1v) is 5.12. The van der Waals surface area contributed by atoms with Gasteiger partial charge in [-0.2, -0.15) is 0 Å². The van der Waals surface area contributed by atoms with E-state index in [-0.39, 0.29) is 17.2 Å². The van der Waals surface area contributed by atoms with Gasteiger partial charge in [0.15, 0.2) is 6.29 Å². The van der Waals surface area contributed by atoms with Gasteiger partial charge in [0.2, 0.25) is 0 Å². The molecule has 2 N–H and O–H groups in total. The molecule has 0 aliphatic heterocycles. The molecule has 3 heteroatoms. The predicted molar refractivity (Wildman–Crippen MR) is 59.1 cm³/mol. The summed E-state index contributed by atoms with van der Waals surface area (Å²) in [5.41, 5.74) is 5.67. The summed E-state index contributed by atoms with van der Waals surface area (Å²) >= 11 is 0. The summed E-state index contributed by atoms with van der Waals surface area (Å²) in [4.78, 5) is 0. The van der Waals surface area contributed by atoms with E-state index < -0.39 is 0 Å². The van der Waals surface area contributed by atoms with Crippen molar-refractivity contribution in [2.45, 2.75) is 53.4 Å². The van der Waals surface area contributed by atoms with Gasteiger partial charge in [-0.1, -0.05) is 20.8 Å². The normalized spacial score (nSPS) is 15.6. The number of hydrogen-bond acceptors (Lipinski definition) is 3. The quantitative estimate of drug-likeness (QED) is 0.696. The fourth-order valence-corrected chi connectivity index (χ4v) is 0.748. The van der Waals surface area contributed by atoms with Gasteiger partial charge in [0.1, 0.15) is 0 Å². The second-order valence-corrected chi connectivity index (χ2v) is 5.74.